The number of nitrogens with zero attached hydrogens (tertiary/aromatic N) is 5. The van der Waals surface area contributed by atoms with E-state index < -0.39 is 0 Å². The van der Waals surface area contributed by atoms with Gasteiger partial charge in [0, 0.05) is 29.9 Å². The van der Waals surface area contributed by atoms with Gasteiger partial charge in [0.15, 0.2) is 0 Å². The third-order valence-corrected chi connectivity index (χ3v) is 4.86. The van der Waals surface area contributed by atoms with E-state index in [0.717, 1.165) is 22.3 Å². The van der Waals surface area contributed by atoms with Crippen LogP contribution in [0.1, 0.15) is 11.1 Å². The number of aromatic nitrogens is 5. The second kappa shape index (κ2) is 7.89. The Morgan fingerprint density at radius 1 is 1.03 bits per heavy atom. The molecule has 8 heteroatoms. The average molecular weight is 408 g/mol. The fourth-order valence-corrected chi connectivity index (χ4v) is 3.12. The minimum absolute atomic E-state index is 0.238. The highest BCUT2D eigenvalue weighted by molar-refractivity contribution is 6.30. The number of ether oxygens (including phenoxy) is 1. The first-order valence-corrected chi connectivity index (χ1v) is 9.33. The van der Waals surface area contributed by atoms with Crippen LogP contribution in [0, 0.1) is 6.92 Å². The number of rotatable bonds is 5. The zero-order chi connectivity index (χ0) is 20.4. The summed E-state index contributed by atoms with van der Waals surface area (Å²) in [5.74, 6) is 0.484. The molecule has 0 aliphatic carbocycles. The molecule has 4 rings (SSSR count). The molecule has 0 spiro atoms. The minimum Gasteiger partial charge on any atom is -0.473 e. The summed E-state index contributed by atoms with van der Waals surface area (Å²) in [6.45, 7) is 2.20. The molecule has 0 saturated carbocycles. The Labute approximate surface area is 172 Å². The highest BCUT2D eigenvalue weighted by atomic mass is 35.5. The lowest BCUT2D eigenvalue weighted by atomic mass is 10.1. The van der Waals surface area contributed by atoms with Gasteiger partial charge in [0.25, 0.3) is 0 Å². The lowest BCUT2D eigenvalue weighted by molar-refractivity contribution is 0.292. The van der Waals surface area contributed by atoms with Crippen LogP contribution in [-0.2, 0) is 13.7 Å². The summed E-state index contributed by atoms with van der Waals surface area (Å²) in [5, 5.41) is 8.41. The topological polar surface area (TPSA) is 74.8 Å². The molecule has 2 aromatic carbocycles. The standard InChI is InChI=1S/C21H18ClN5O2/c1-14-4-3-5-19(27-21(28)26(2)24-25-27)18(14)13-29-20-12-16(10-11-23-20)15-6-8-17(22)9-7-15/h3-12H,13H2,1-2H3. The van der Waals surface area contributed by atoms with E-state index in [4.69, 9.17) is 16.3 Å². The van der Waals surface area contributed by atoms with Gasteiger partial charge in [-0.2, -0.15) is 9.36 Å². The van der Waals surface area contributed by atoms with Crippen molar-refractivity contribution in [2.45, 2.75) is 13.5 Å². The normalized spacial score (nSPS) is 10.9. The molecule has 2 heterocycles. The van der Waals surface area contributed by atoms with Crippen molar-refractivity contribution in [1.82, 2.24) is 24.8 Å². The molecule has 146 valence electrons. The summed E-state index contributed by atoms with van der Waals surface area (Å²) in [5.41, 5.74) is 4.13. The minimum atomic E-state index is -0.320. The average Bonchev–Trinajstić information content (AvgIpc) is 3.06. The molecule has 0 unspecified atom stereocenters. The monoisotopic (exact) mass is 407 g/mol. The van der Waals surface area contributed by atoms with Gasteiger partial charge < -0.3 is 4.74 Å². The van der Waals surface area contributed by atoms with E-state index in [1.807, 2.05) is 61.5 Å². The second-order valence-corrected chi connectivity index (χ2v) is 6.98. The van der Waals surface area contributed by atoms with Gasteiger partial charge in [-0.3, -0.25) is 0 Å². The van der Waals surface area contributed by atoms with Crippen LogP contribution in [0.2, 0.25) is 5.02 Å². The lowest BCUT2D eigenvalue weighted by Gasteiger charge is -2.13. The van der Waals surface area contributed by atoms with Gasteiger partial charge in [-0.05, 0) is 58.3 Å². The molecule has 7 nitrogen and oxygen atoms in total. The van der Waals surface area contributed by atoms with E-state index in [1.165, 1.54) is 9.36 Å². The van der Waals surface area contributed by atoms with Crippen LogP contribution in [0.15, 0.2) is 65.6 Å². The Bertz CT molecular complexity index is 1210. The third-order valence-electron chi connectivity index (χ3n) is 4.61. The molecule has 0 aliphatic rings. The maximum Gasteiger partial charge on any atom is 0.368 e. The summed E-state index contributed by atoms with van der Waals surface area (Å²) < 4.78 is 8.41. The SMILES string of the molecule is Cc1cccc(-n2nnn(C)c2=O)c1COc1cc(-c2ccc(Cl)cc2)ccn1. The molecule has 0 saturated heterocycles. The largest absolute Gasteiger partial charge is 0.473 e. The van der Waals surface area contributed by atoms with E-state index >= 15 is 0 Å². The molecule has 4 aromatic rings. The van der Waals surface area contributed by atoms with Gasteiger partial charge >= 0.3 is 5.69 Å². The highest BCUT2D eigenvalue weighted by Gasteiger charge is 2.14. The molecule has 0 bridgehead atoms. The van der Waals surface area contributed by atoms with Crippen molar-refractivity contribution < 1.29 is 4.74 Å². The lowest BCUT2D eigenvalue weighted by Crippen LogP contribution is -2.23. The molecule has 0 atom stereocenters. The van der Waals surface area contributed by atoms with Crippen LogP contribution in [0.4, 0.5) is 0 Å². The zero-order valence-electron chi connectivity index (χ0n) is 15.9. The maximum absolute atomic E-state index is 12.3. The summed E-state index contributed by atoms with van der Waals surface area (Å²) in [4.78, 5) is 16.6. The van der Waals surface area contributed by atoms with Crippen molar-refractivity contribution in [2.24, 2.45) is 7.05 Å². The predicted octanol–water partition coefficient (Wildman–Crippen LogP) is 3.57. The summed E-state index contributed by atoms with van der Waals surface area (Å²) in [6, 6.07) is 17.0. The molecular weight excluding hydrogens is 390 g/mol. The van der Waals surface area contributed by atoms with Crippen molar-refractivity contribution in [3.05, 3.63) is 87.4 Å². The number of pyridine rings is 1. The highest BCUT2D eigenvalue weighted by Crippen LogP contribution is 2.25. The fraction of sp³-hybridized carbons (Fsp3) is 0.143. The van der Waals surface area contributed by atoms with Crippen LogP contribution in [0.25, 0.3) is 16.8 Å². The zero-order valence-corrected chi connectivity index (χ0v) is 16.7. The van der Waals surface area contributed by atoms with E-state index in [0.29, 0.717) is 16.6 Å². The van der Waals surface area contributed by atoms with Crippen molar-refractivity contribution in [1.29, 1.82) is 0 Å². The molecule has 29 heavy (non-hydrogen) atoms. The molecule has 0 amide bonds. The quantitative estimate of drug-likeness (QED) is 0.505. The molecular formula is C21H18ClN5O2. The molecule has 0 radical (unpaired) electrons. The molecule has 0 fully saturated rings. The van der Waals surface area contributed by atoms with Crippen molar-refractivity contribution in [3.8, 4) is 22.7 Å². The first-order chi connectivity index (χ1) is 14.0. The van der Waals surface area contributed by atoms with Crippen LogP contribution >= 0.6 is 11.6 Å². The Hall–Kier alpha value is -3.45. The van der Waals surface area contributed by atoms with Crippen LogP contribution < -0.4 is 10.4 Å². The molecule has 0 N–H and O–H groups in total. The van der Waals surface area contributed by atoms with Crippen LogP contribution in [0.5, 0.6) is 5.88 Å². The fourth-order valence-electron chi connectivity index (χ4n) is 2.99. The van der Waals surface area contributed by atoms with Gasteiger partial charge in [-0.1, -0.05) is 35.9 Å². The van der Waals surface area contributed by atoms with Gasteiger partial charge in [0.2, 0.25) is 5.88 Å². The van der Waals surface area contributed by atoms with Gasteiger partial charge in [-0.15, -0.1) is 0 Å². The number of tetrazole rings is 1. The maximum atomic E-state index is 12.3. The smallest absolute Gasteiger partial charge is 0.368 e. The van der Waals surface area contributed by atoms with Crippen molar-refractivity contribution in [2.75, 3.05) is 0 Å². The number of halogens is 1. The van der Waals surface area contributed by atoms with E-state index in [-0.39, 0.29) is 12.3 Å². The molecule has 0 aliphatic heterocycles. The molecule has 2 aromatic heterocycles. The number of aryl methyl sites for hydroxylation is 2. The first kappa shape index (κ1) is 18.9. The second-order valence-electron chi connectivity index (χ2n) is 6.55. The number of hydrogen-bond acceptors (Lipinski definition) is 5. The van der Waals surface area contributed by atoms with Crippen molar-refractivity contribution >= 4 is 11.6 Å². The van der Waals surface area contributed by atoms with Gasteiger partial charge in [-0.25, -0.2) is 9.78 Å². The van der Waals surface area contributed by atoms with E-state index in [9.17, 15) is 4.79 Å². The Kier molecular flexibility index (Phi) is 5.14. The van der Waals surface area contributed by atoms with E-state index in [1.54, 1.807) is 13.2 Å². The summed E-state index contributed by atoms with van der Waals surface area (Å²) >= 11 is 5.97. The summed E-state index contributed by atoms with van der Waals surface area (Å²) in [7, 11) is 1.56. The van der Waals surface area contributed by atoms with Crippen LogP contribution in [-0.4, -0.2) is 24.8 Å². The Morgan fingerprint density at radius 3 is 2.55 bits per heavy atom. The van der Waals surface area contributed by atoms with Gasteiger partial charge in [0.1, 0.15) is 6.61 Å². The van der Waals surface area contributed by atoms with Crippen molar-refractivity contribution in [3.63, 3.8) is 0 Å². The number of hydrogen-bond donors (Lipinski definition) is 0. The number of benzene rings is 2. The first-order valence-electron chi connectivity index (χ1n) is 8.95. The summed E-state index contributed by atoms with van der Waals surface area (Å²) in [6.07, 6.45) is 1.70. The van der Waals surface area contributed by atoms with E-state index in [2.05, 4.69) is 15.4 Å². The third kappa shape index (κ3) is 3.90. The predicted molar refractivity (Wildman–Crippen MR) is 110 cm³/mol. The van der Waals surface area contributed by atoms with Crippen LogP contribution in [0.3, 0.4) is 0 Å². The Balaban J connectivity index is 1.62. The van der Waals surface area contributed by atoms with Gasteiger partial charge in [0.05, 0.1) is 5.69 Å². The Morgan fingerprint density at radius 2 is 1.83 bits per heavy atom.